The van der Waals surface area contributed by atoms with Crippen molar-refractivity contribution >= 4 is 5.69 Å². The summed E-state index contributed by atoms with van der Waals surface area (Å²) in [5, 5.41) is 22.9. The van der Waals surface area contributed by atoms with Gasteiger partial charge in [-0.25, -0.2) is 0 Å². The molecule has 2 N–H and O–H groups in total. The van der Waals surface area contributed by atoms with Gasteiger partial charge in [0.25, 0.3) is 0 Å². The molecule has 108 valence electrons. The van der Waals surface area contributed by atoms with Crippen molar-refractivity contribution in [2.75, 3.05) is 5.32 Å². The van der Waals surface area contributed by atoms with Crippen molar-refractivity contribution in [1.82, 2.24) is 0 Å². The lowest BCUT2D eigenvalue weighted by atomic mass is 9.76. The van der Waals surface area contributed by atoms with Gasteiger partial charge >= 0.3 is 0 Å². The first-order chi connectivity index (χ1) is 10.8. The molecule has 3 heteroatoms. The molecule has 3 nitrogen and oxygen atoms in total. The SMILES string of the molecule is N#Cc1ccc2c(c1)C1C=CCC1C(c1ccccc1O)N2. The number of anilines is 1. The van der Waals surface area contributed by atoms with E-state index in [9.17, 15) is 5.11 Å². The Balaban J connectivity index is 1.82. The lowest BCUT2D eigenvalue weighted by Crippen LogP contribution is -2.29. The lowest BCUT2D eigenvalue weighted by Gasteiger charge is -2.37. The van der Waals surface area contributed by atoms with Gasteiger partial charge in [-0.2, -0.15) is 5.26 Å². The smallest absolute Gasteiger partial charge is 0.120 e. The molecule has 0 amide bonds. The highest BCUT2D eigenvalue weighted by Gasteiger charge is 2.38. The van der Waals surface area contributed by atoms with Crippen LogP contribution in [0.2, 0.25) is 0 Å². The van der Waals surface area contributed by atoms with Crippen molar-refractivity contribution in [3.05, 3.63) is 71.3 Å². The second kappa shape index (κ2) is 4.92. The number of nitriles is 1. The summed E-state index contributed by atoms with van der Waals surface area (Å²) >= 11 is 0. The van der Waals surface area contributed by atoms with Gasteiger partial charge in [-0.3, -0.25) is 0 Å². The second-order valence-corrected chi connectivity index (χ2v) is 5.95. The van der Waals surface area contributed by atoms with Crippen molar-refractivity contribution in [1.29, 1.82) is 5.26 Å². The summed E-state index contributed by atoms with van der Waals surface area (Å²) in [6.45, 7) is 0. The molecular formula is C19H16N2O. The van der Waals surface area contributed by atoms with Gasteiger partial charge in [-0.05, 0) is 42.2 Å². The Morgan fingerprint density at radius 1 is 1.14 bits per heavy atom. The number of fused-ring (bicyclic) bond motifs is 3. The summed E-state index contributed by atoms with van der Waals surface area (Å²) in [6.07, 6.45) is 5.42. The first-order valence-electron chi connectivity index (χ1n) is 7.53. The maximum Gasteiger partial charge on any atom is 0.120 e. The molecule has 1 aliphatic carbocycles. The molecule has 0 fully saturated rings. The van der Waals surface area contributed by atoms with Crippen molar-refractivity contribution in [3.8, 4) is 11.8 Å². The molecule has 0 bridgehead atoms. The highest BCUT2D eigenvalue weighted by molar-refractivity contribution is 5.62. The van der Waals surface area contributed by atoms with Crippen LogP contribution in [0.4, 0.5) is 5.69 Å². The number of hydrogen-bond acceptors (Lipinski definition) is 3. The molecule has 0 spiro atoms. The second-order valence-electron chi connectivity index (χ2n) is 5.95. The first-order valence-corrected chi connectivity index (χ1v) is 7.53. The molecule has 0 saturated heterocycles. The summed E-state index contributed by atoms with van der Waals surface area (Å²) in [4.78, 5) is 0. The third-order valence-corrected chi connectivity index (χ3v) is 4.76. The van der Waals surface area contributed by atoms with Crippen LogP contribution in [0.1, 0.15) is 35.1 Å². The molecule has 22 heavy (non-hydrogen) atoms. The normalized spacial score (nSPS) is 25.0. The topological polar surface area (TPSA) is 56.0 Å². The quantitative estimate of drug-likeness (QED) is 0.777. The Hall–Kier alpha value is -2.73. The van der Waals surface area contributed by atoms with Gasteiger partial charge < -0.3 is 10.4 Å². The molecule has 0 saturated carbocycles. The number of phenolic OH excluding ortho intramolecular Hbond substituents is 1. The Morgan fingerprint density at radius 2 is 2.00 bits per heavy atom. The number of hydrogen-bond donors (Lipinski definition) is 2. The van der Waals surface area contributed by atoms with E-state index in [0.717, 1.165) is 17.7 Å². The van der Waals surface area contributed by atoms with Crippen LogP contribution in [-0.4, -0.2) is 5.11 Å². The number of benzene rings is 2. The zero-order valence-electron chi connectivity index (χ0n) is 12.0. The van der Waals surface area contributed by atoms with Gasteiger partial charge in [-0.1, -0.05) is 30.4 Å². The van der Waals surface area contributed by atoms with Crippen LogP contribution in [0.15, 0.2) is 54.6 Å². The fourth-order valence-electron chi connectivity index (χ4n) is 3.72. The molecule has 1 heterocycles. The average molecular weight is 288 g/mol. The fraction of sp³-hybridized carbons (Fsp3) is 0.211. The molecule has 2 aliphatic rings. The minimum absolute atomic E-state index is 0.0848. The van der Waals surface area contributed by atoms with Crippen molar-refractivity contribution < 1.29 is 5.11 Å². The summed E-state index contributed by atoms with van der Waals surface area (Å²) in [7, 11) is 0. The van der Waals surface area contributed by atoms with Crippen LogP contribution in [0.25, 0.3) is 0 Å². The van der Waals surface area contributed by atoms with Gasteiger partial charge in [0.1, 0.15) is 5.75 Å². The van der Waals surface area contributed by atoms with E-state index in [4.69, 9.17) is 5.26 Å². The van der Waals surface area contributed by atoms with E-state index in [0.29, 0.717) is 23.1 Å². The van der Waals surface area contributed by atoms with Gasteiger partial charge in [0, 0.05) is 17.2 Å². The fourth-order valence-corrected chi connectivity index (χ4v) is 3.72. The molecule has 3 unspecified atom stereocenters. The lowest BCUT2D eigenvalue weighted by molar-refractivity contribution is 0.402. The number of para-hydroxylation sites is 1. The van der Waals surface area contributed by atoms with Gasteiger partial charge in [0.15, 0.2) is 0 Å². The predicted molar refractivity (Wildman–Crippen MR) is 85.6 cm³/mol. The van der Waals surface area contributed by atoms with E-state index in [1.54, 1.807) is 6.07 Å². The van der Waals surface area contributed by atoms with E-state index < -0.39 is 0 Å². The summed E-state index contributed by atoms with van der Waals surface area (Å²) < 4.78 is 0. The third-order valence-electron chi connectivity index (χ3n) is 4.76. The minimum atomic E-state index is 0.0848. The van der Waals surface area contributed by atoms with Crippen LogP contribution >= 0.6 is 0 Å². The van der Waals surface area contributed by atoms with Crippen LogP contribution < -0.4 is 5.32 Å². The monoisotopic (exact) mass is 288 g/mol. The number of nitrogens with one attached hydrogen (secondary N) is 1. The molecule has 2 aromatic rings. The predicted octanol–water partition coefficient (Wildman–Crippen LogP) is 4.09. The van der Waals surface area contributed by atoms with Crippen LogP contribution in [0.3, 0.4) is 0 Å². The maximum absolute atomic E-state index is 10.2. The number of allylic oxidation sites excluding steroid dienone is 2. The van der Waals surface area contributed by atoms with Gasteiger partial charge in [0.05, 0.1) is 17.7 Å². The van der Waals surface area contributed by atoms with Gasteiger partial charge in [-0.15, -0.1) is 0 Å². The largest absolute Gasteiger partial charge is 0.508 e. The highest BCUT2D eigenvalue weighted by atomic mass is 16.3. The number of aromatic hydroxyl groups is 1. The van der Waals surface area contributed by atoms with Crippen molar-refractivity contribution in [2.45, 2.75) is 18.4 Å². The Morgan fingerprint density at radius 3 is 2.82 bits per heavy atom. The summed E-state index contributed by atoms with van der Waals surface area (Å²) in [5.41, 5.74) is 3.88. The molecule has 1 aliphatic heterocycles. The molecule has 2 aromatic carbocycles. The zero-order chi connectivity index (χ0) is 15.1. The molecule has 3 atom stereocenters. The number of phenols is 1. The van der Waals surface area contributed by atoms with Gasteiger partial charge in [0.2, 0.25) is 0 Å². The number of nitrogens with zero attached hydrogens (tertiary/aromatic N) is 1. The highest BCUT2D eigenvalue weighted by Crippen LogP contribution is 2.51. The number of rotatable bonds is 1. The Labute approximate surface area is 129 Å². The minimum Gasteiger partial charge on any atom is -0.508 e. The van der Waals surface area contributed by atoms with Crippen molar-refractivity contribution in [2.24, 2.45) is 5.92 Å². The zero-order valence-corrected chi connectivity index (χ0v) is 12.0. The van der Waals surface area contributed by atoms with E-state index in [-0.39, 0.29) is 6.04 Å². The van der Waals surface area contributed by atoms with Crippen LogP contribution in [0.5, 0.6) is 5.75 Å². The van der Waals surface area contributed by atoms with Crippen LogP contribution in [-0.2, 0) is 0 Å². The summed E-state index contributed by atoms with van der Waals surface area (Å²) in [5.74, 6) is 1.01. The van der Waals surface area contributed by atoms with E-state index in [1.807, 2.05) is 36.4 Å². The van der Waals surface area contributed by atoms with E-state index >= 15 is 0 Å². The van der Waals surface area contributed by atoms with E-state index in [2.05, 4.69) is 23.5 Å². The molecule has 4 rings (SSSR count). The third kappa shape index (κ3) is 1.88. The van der Waals surface area contributed by atoms with E-state index in [1.165, 1.54) is 5.56 Å². The van der Waals surface area contributed by atoms with Crippen molar-refractivity contribution in [3.63, 3.8) is 0 Å². The molecule has 0 aromatic heterocycles. The Bertz CT molecular complexity index is 803. The standard InChI is InChI=1S/C19H16N2O/c20-11-12-8-9-17-16(10-12)13-5-3-6-14(13)19(21-17)15-4-1-2-7-18(15)22/h1-5,7-10,13-14,19,21-22H,6H2. The molecule has 0 radical (unpaired) electrons. The molecular weight excluding hydrogens is 272 g/mol. The maximum atomic E-state index is 10.2. The first kappa shape index (κ1) is 13.0. The Kier molecular flexibility index (Phi) is 2.90. The average Bonchev–Trinajstić information content (AvgIpc) is 3.04. The summed E-state index contributed by atoms with van der Waals surface area (Å²) in [6, 6.07) is 15.6. The van der Waals surface area contributed by atoms with Crippen LogP contribution in [0, 0.1) is 17.2 Å².